The molecule has 1 aliphatic carbocycles. The minimum absolute atomic E-state index is 0.0948. The third kappa shape index (κ3) is 4.07. The third-order valence-electron chi connectivity index (χ3n) is 5.24. The fourth-order valence-corrected chi connectivity index (χ4v) is 5.71. The number of amides is 2. The molecule has 7 nitrogen and oxygen atoms in total. The molecular weight excluding hydrogens is 356 g/mol. The summed E-state index contributed by atoms with van der Waals surface area (Å²) in [5.41, 5.74) is 6.18. The molecule has 1 saturated heterocycles. The van der Waals surface area contributed by atoms with E-state index in [-0.39, 0.29) is 24.5 Å². The third-order valence-corrected chi connectivity index (χ3v) is 7.38. The molecule has 2 N–H and O–H groups in total. The molecule has 0 radical (unpaired) electrons. The average Bonchev–Trinajstić information content (AvgIpc) is 3.09. The van der Waals surface area contributed by atoms with E-state index in [4.69, 9.17) is 10.5 Å². The summed E-state index contributed by atoms with van der Waals surface area (Å²) in [5.74, 6) is -2.28. The molecule has 3 atom stereocenters. The number of benzene rings is 1. The molecule has 26 heavy (non-hydrogen) atoms. The van der Waals surface area contributed by atoms with Gasteiger partial charge < -0.3 is 15.4 Å². The van der Waals surface area contributed by atoms with Crippen molar-refractivity contribution in [2.75, 3.05) is 26.3 Å². The highest BCUT2D eigenvalue weighted by atomic mass is 32.2. The lowest BCUT2D eigenvalue weighted by molar-refractivity contribution is -0.143. The molecule has 1 saturated carbocycles. The molecule has 142 valence electrons. The average molecular weight is 380 g/mol. The molecular formula is C18H24N2O5S. The van der Waals surface area contributed by atoms with Gasteiger partial charge in [0.15, 0.2) is 9.84 Å². The molecule has 2 amide bonds. The minimum atomic E-state index is -3.48. The van der Waals surface area contributed by atoms with Gasteiger partial charge in [-0.3, -0.25) is 9.59 Å². The maximum atomic E-state index is 12.8. The topological polar surface area (TPSA) is 107 Å². The first kappa shape index (κ1) is 18.8. The van der Waals surface area contributed by atoms with Crippen molar-refractivity contribution >= 4 is 21.7 Å². The van der Waals surface area contributed by atoms with Gasteiger partial charge in [0, 0.05) is 13.1 Å². The Morgan fingerprint density at radius 2 is 1.69 bits per heavy atom. The number of rotatable bonds is 5. The Morgan fingerprint density at radius 3 is 2.31 bits per heavy atom. The Kier molecular flexibility index (Phi) is 5.62. The van der Waals surface area contributed by atoms with Gasteiger partial charge in [0.05, 0.1) is 36.1 Å². The molecule has 1 aliphatic heterocycles. The maximum absolute atomic E-state index is 12.8. The van der Waals surface area contributed by atoms with Crippen molar-refractivity contribution in [1.29, 1.82) is 0 Å². The van der Waals surface area contributed by atoms with E-state index in [0.29, 0.717) is 31.9 Å². The normalized spacial score (nSPS) is 26.6. The van der Waals surface area contributed by atoms with Crippen LogP contribution in [0.1, 0.15) is 18.4 Å². The molecule has 0 spiro atoms. The SMILES string of the molecule is NC(=O)[C@@H]1C[C@@H](S(=O)(=O)Cc2ccccc2)C[C@H]1C(=O)N1CCOCC1. The molecule has 0 aromatic heterocycles. The lowest BCUT2D eigenvalue weighted by Gasteiger charge is -2.30. The first-order valence-electron chi connectivity index (χ1n) is 8.80. The molecule has 8 heteroatoms. The molecule has 1 heterocycles. The number of nitrogens with two attached hydrogens (primary N) is 1. The summed E-state index contributed by atoms with van der Waals surface area (Å²) in [6.45, 7) is 1.83. The van der Waals surface area contributed by atoms with Crippen LogP contribution in [0.2, 0.25) is 0 Å². The summed E-state index contributed by atoms with van der Waals surface area (Å²) in [6.07, 6.45) is 0.268. The van der Waals surface area contributed by atoms with E-state index < -0.39 is 32.8 Å². The van der Waals surface area contributed by atoms with Crippen molar-refractivity contribution in [3.05, 3.63) is 35.9 Å². The van der Waals surface area contributed by atoms with Gasteiger partial charge in [0.2, 0.25) is 11.8 Å². The van der Waals surface area contributed by atoms with Crippen molar-refractivity contribution in [3.63, 3.8) is 0 Å². The van der Waals surface area contributed by atoms with Crippen molar-refractivity contribution < 1.29 is 22.7 Å². The molecule has 0 unspecified atom stereocenters. The number of morpholine rings is 1. The van der Waals surface area contributed by atoms with Crippen LogP contribution in [0.5, 0.6) is 0 Å². The van der Waals surface area contributed by atoms with Crippen LogP contribution in [0, 0.1) is 11.8 Å². The number of sulfone groups is 1. The fourth-order valence-electron chi connectivity index (χ4n) is 3.81. The number of hydrogen-bond donors (Lipinski definition) is 1. The van der Waals surface area contributed by atoms with Crippen LogP contribution in [-0.2, 0) is 29.9 Å². The molecule has 2 fully saturated rings. The summed E-state index contributed by atoms with van der Waals surface area (Å²) in [6, 6.07) is 8.92. The number of carbonyl (C=O) groups is 2. The second kappa shape index (κ2) is 7.75. The molecule has 3 rings (SSSR count). The summed E-state index contributed by atoms with van der Waals surface area (Å²) in [5, 5.41) is -0.727. The summed E-state index contributed by atoms with van der Waals surface area (Å²) < 4.78 is 30.9. The largest absolute Gasteiger partial charge is 0.378 e. The Morgan fingerprint density at radius 1 is 1.08 bits per heavy atom. The van der Waals surface area contributed by atoms with Crippen LogP contribution < -0.4 is 5.73 Å². The monoisotopic (exact) mass is 380 g/mol. The standard InChI is InChI=1S/C18H24N2O5S/c19-17(21)15-10-14(26(23,24)12-13-4-2-1-3-5-13)11-16(15)18(22)20-6-8-25-9-7-20/h1-5,14-16H,6-12H2,(H2,19,21)/t14-,15-,16-/m1/s1. The Balaban J connectivity index is 1.76. The van der Waals surface area contributed by atoms with Gasteiger partial charge in [-0.15, -0.1) is 0 Å². The van der Waals surface area contributed by atoms with Crippen molar-refractivity contribution in [2.24, 2.45) is 17.6 Å². The minimum Gasteiger partial charge on any atom is -0.378 e. The first-order chi connectivity index (χ1) is 12.4. The quantitative estimate of drug-likeness (QED) is 0.793. The predicted molar refractivity (Wildman–Crippen MR) is 95.7 cm³/mol. The van der Waals surface area contributed by atoms with E-state index >= 15 is 0 Å². The van der Waals surface area contributed by atoms with Gasteiger partial charge in [-0.05, 0) is 18.4 Å². The highest BCUT2D eigenvalue weighted by molar-refractivity contribution is 7.91. The Labute approximate surface area is 153 Å². The van der Waals surface area contributed by atoms with Gasteiger partial charge in [0.1, 0.15) is 0 Å². The van der Waals surface area contributed by atoms with Crippen molar-refractivity contribution in [1.82, 2.24) is 4.90 Å². The summed E-state index contributed by atoms with van der Waals surface area (Å²) in [4.78, 5) is 26.3. The fraction of sp³-hybridized carbons (Fsp3) is 0.556. The van der Waals surface area contributed by atoms with Crippen molar-refractivity contribution in [3.8, 4) is 0 Å². The van der Waals surface area contributed by atoms with E-state index in [9.17, 15) is 18.0 Å². The second-order valence-corrected chi connectivity index (χ2v) is 9.22. The van der Waals surface area contributed by atoms with Gasteiger partial charge >= 0.3 is 0 Å². The van der Waals surface area contributed by atoms with E-state index in [1.807, 2.05) is 6.07 Å². The highest BCUT2D eigenvalue weighted by Crippen LogP contribution is 2.38. The van der Waals surface area contributed by atoms with Crippen LogP contribution in [0.4, 0.5) is 0 Å². The van der Waals surface area contributed by atoms with E-state index in [1.165, 1.54) is 0 Å². The highest BCUT2D eigenvalue weighted by Gasteiger charge is 2.47. The van der Waals surface area contributed by atoms with Gasteiger partial charge in [0.25, 0.3) is 0 Å². The zero-order valence-corrected chi connectivity index (χ0v) is 15.4. The lowest BCUT2D eigenvalue weighted by Crippen LogP contribution is -2.46. The number of nitrogens with zero attached hydrogens (tertiary/aromatic N) is 1. The first-order valence-corrected chi connectivity index (χ1v) is 10.5. The summed E-state index contributed by atoms with van der Waals surface area (Å²) >= 11 is 0. The van der Waals surface area contributed by atoms with E-state index in [1.54, 1.807) is 29.2 Å². The Bertz CT molecular complexity index is 759. The Hall–Kier alpha value is -1.93. The van der Waals surface area contributed by atoms with Crippen LogP contribution in [0.3, 0.4) is 0 Å². The van der Waals surface area contributed by atoms with E-state index in [2.05, 4.69) is 0 Å². The van der Waals surface area contributed by atoms with Crippen LogP contribution >= 0.6 is 0 Å². The van der Waals surface area contributed by atoms with Gasteiger partial charge in [-0.1, -0.05) is 30.3 Å². The second-order valence-electron chi connectivity index (χ2n) is 6.94. The molecule has 0 bridgehead atoms. The number of hydrogen-bond acceptors (Lipinski definition) is 5. The zero-order valence-electron chi connectivity index (χ0n) is 14.5. The van der Waals surface area contributed by atoms with Gasteiger partial charge in [-0.2, -0.15) is 0 Å². The maximum Gasteiger partial charge on any atom is 0.226 e. The molecule has 1 aromatic carbocycles. The van der Waals surface area contributed by atoms with E-state index in [0.717, 1.165) is 0 Å². The van der Waals surface area contributed by atoms with Crippen molar-refractivity contribution in [2.45, 2.75) is 23.8 Å². The van der Waals surface area contributed by atoms with Crippen LogP contribution in [-0.4, -0.2) is 56.7 Å². The smallest absolute Gasteiger partial charge is 0.226 e. The van der Waals surface area contributed by atoms with Crippen LogP contribution in [0.15, 0.2) is 30.3 Å². The number of ether oxygens (including phenoxy) is 1. The lowest BCUT2D eigenvalue weighted by atomic mass is 9.94. The predicted octanol–water partition coefficient (Wildman–Crippen LogP) is 0.340. The number of carbonyl (C=O) groups excluding carboxylic acids is 2. The number of primary amides is 1. The van der Waals surface area contributed by atoms with Crippen LogP contribution in [0.25, 0.3) is 0 Å². The molecule has 1 aromatic rings. The zero-order chi connectivity index (χ0) is 18.7. The summed E-state index contributed by atoms with van der Waals surface area (Å²) in [7, 11) is -3.48. The van der Waals surface area contributed by atoms with Gasteiger partial charge in [-0.25, -0.2) is 8.42 Å². The molecule has 2 aliphatic rings.